The summed E-state index contributed by atoms with van der Waals surface area (Å²) in [5.41, 5.74) is 6.35. The molecule has 0 saturated heterocycles. The molecule has 0 aromatic rings. The minimum absolute atomic E-state index is 0. The predicted molar refractivity (Wildman–Crippen MR) is 96.9 cm³/mol. The summed E-state index contributed by atoms with van der Waals surface area (Å²) in [7, 11) is 0. The van der Waals surface area contributed by atoms with Crippen LogP contribution in [0.5, 0.6) is 0 Å². The maximum absolute atomic E-state index is 2.87. The van der Waals surface area contributed by atoms with E-state index in [9.17, 15) is 0 Å². The van der Waals surface area contributed by atoms with Gasteiger partial charge >= 0.3 is 119 Å². The Morgan fingerprint density at radius 3 is 1.30 bits per heavy atom. The summed E-state index contributed by atoms with van der Waals surface area (Å²) in [4.78, 5) is 0. The minimum Gasteiger partial charge on any atom is -0.147 e. The Morgan fingerprint density at radius 1 is 0.800 bits per heavy atom. The zero-order chi connectivity index (χ0) is 13.7. The molecule has 0 N–H and O–H groups in total. The monoisotopic (exact) mass is 544 g/mol. The van der Waals surface area contributed by atoms with Crippen LogP contribution in [0.3, 0.4) is 0 Å². The van der Waals surface area contributed by atoms with E-state index in [0.717, 1.165) is 0 Å². The minimum atomic E-state index is -2.87. The van der Waals surface area contributed by atoms with E-state index in [2.05, 4.69) is 49.2 Å². The Labute approximate surface area is 142 Å². The fourth-order valence-electron chi connectivity index (χ4n) is 3.87. The quantitative estimate of drug-likeness (QED) is 0.410. The zero-order valence-corrected chi connectivity index (χ0v) is 21.8. The Hall–Kier alpha value is 0.953. The summed E-state index contributed by atoms with van der Waals surface area (Å²) < 4.78 is 9.13. The van der Waals surface area contributed by atoms with Gasteiger partial charge in [0.2, 0.25) is 0 Å². The van der Waals surface area contributed by atoms with Crippen LogP contribution in [0, 0.1) is 0 Å². The molecular weight excluding hydrogens is 514 g/mol. The second-order valence-electron chi connectivity index (χ2n) is 7.34. The van der Waals surface area contributed by atoms with E-state index in [1.807, 2.05) is 6.66 Å². The molecule has 0 aromatic carbocycles. The molecule has 2 aliphatic rings. The van der Waals surface area contributed by atoms with E-state index in [1.54, 1.807) is 22.3 Å². The van der Waals surface area contributed by atoms with Crippen LogP contribution in [-0.2, 0) is 15.4 Å². The van der Waals surface area contributed by atoms with Crippen LogP contribution in [0.25, 0.3) is 0 Å². The smallest absolute Gasteiger partial charge is 0.147 e. The van der Waals surface area contributed by atoms with E-state index in [1.165, 1.54) is 25.1 Å². The first kappa shape index (κ1) is 21.0. The molecule has 0 spiro atoms. The molecule has 2 aliphatic carbocycles. The second kappa shape index (κ2) is 6.60. The fraction of sp³-hybridized carbons (Fsp3) is 0.500. The molecule has 0 aliphatic heterocycles. The van der Waals surface area contributed by atoms with E-state index in [4.69, 9.17) is 0 Å². The molecule has 0 atom stereocenters. The number of halogens is 2. The van der Waals surface area contributed by atoms with Crippen LogP contribution in [-0.4, -0.2) is 12.2 Å². The third-order valence-electron chi connectivity index (χ3n) is 4.72. The molecule has 2 rings (SSSR count). The molecule has 0 saturated carbocycles. The zero-order valence-electron chi connectivity index (χ0n) is 13.6. The van der Waals surface area contributed by atoms with Gasteiger partial charge in [0.15, 0.2) is 0 Å². The van der Waals surface area contributed by atoms with Gasteiger partial charge in [0.25, 0.3) is 0 Å². The van der Waals surface area contributed by atoms with Gasteiger partial charge in [-0.15, -0.1) is 24.8 Å². The first-order valence-electron chi connectivity index (χ1n) is 6.92. The molecule has 0 heterocycles. The Kier molecular flexibility index (Phi) is 6.91. The van der Waals surface area contributed by atoms with Gasteiger partial charge in [-0.1, -0.05) is 0 Å². The van der Waals surface area contributed by atoms with Crippen molar-refractivity contribution < 1.29 is 15.4 Å². The molecule has 114 valence electrons. The standard InChI is InChI=1S/2C7H9.2CH3.2ClH.GeH2.Hf/c2*1-6-3-4-7(2)5-6;;;;;;/h2*5H,3H2,1-2H3;2*1H3;2*1H;1H2;. The third-order valence-corrected chi connectivity index (χ3v) is 37.4. The number of hydrogen-bond donors (Lipinski definition) is 0. The molecule has 0 fully saturated rings. The van der Waals surface area contributed by atoms with Gasteiger partial charge < -0.3 is 0 Å². The van der Waals surface area contributed by atoms with Crippen LogP contribution in [0.4, 0.5) is 0 Å². The van der Waals surface area contributed by atoms with Crippen molar-refractivity contribution in [2.45, 2.75) is 49.9 Å². The summed E-state index contributed by atoms with van der Waals surface area (Å²) >= 11 is -1.36. The topological polar surface area (TPSA) is 0 Å². The summed E-state index contributed by atoms with van der Waals surface area (Å²) in [6, 6.07) is 0. The van der Waals surface area contributed by atoms with Crippen molar-refractivity contribution in [3.8, 4) is 0 Å². The first-order valence-corrected chi connectivity index (χ1v) is 32.4. The summed E-state index contributed by atoms with van der Waals surface area (Å²) in [6.07, 6.45) is 7.40. The Balaban J connectivity index is 0.00000180. The first-order chi connectivity index (χ1) is 8.10. The van der Waals surface area contributed by atoms with Crippen molar-refractivity contribution in [1.29, 1.82) is 0 Å². The molecular formula is C16H28Cl2GeHf. The predicted octanol–water partition coefficient (Wildman–Crippen LogP) is 5.41. The van der Waals surface area contributed by atoms with Crippen LogP contribution >= 0.6 is 24.8 Å². The largest absolute Gasteiger partial charge is 0.147 e. The van der Waals surface area contributed by atoms with Gasteiger partial charge in [-0.25, -0.2) is 0 Å². The van der Waals surface area contributed by atoms with Crippen molar-refractivity contribution >= 4 is 37.0 Å². The SMILES string of the molecule is CC1=CC(C)=[C]([Hf]([CH3])([CH3])(=[GeH2])[C]2=C(C)C=C(C)C2)C1.Cl.Cl. The molecule has 0 aromatic heterocycles. The Bertz CT molecular complexity index is 564. The van der Waals surface area contributed by atoms with Crippen LogP contribution in [0.1, 0.15) is 40.5 Å². The normalized spacial score (nSPS) is 19.6. The van der Waals surface area contributed by atoms with E-state index >= 15 is 0 Å². The summed E-state index contributed by atoms with van der Waals surface area (Å²) in [6.45, 7) is 9.27. The van der Waals surface area contributed by atoms with Gasteiger partial charge in [-0.3, -0.25) is 0 Å². The molecule has 0 radical (unpaired) electrons. The molecule has 0 nitrogen and oxygen atoms in total. The van der Waals surface area contributed by atoms with Crippen LogP contribution in [0.2, 0.25) is 9.36 Å². The Morgan fingerprint density at radius 2 is 1.10 bits per heavy atom. The average molecular weight is 542 g/mol. The molecule has 4 heteroatoms. The van der Waals surface area contributed by atoms with Gasteiger partial charge in [0, 0.05) is 0 Å². The number of allylic oxidation sites excluding steroid dienone is 8. The second-order valence-corrected chi connectivity index (χ2v) is 67.4. The van der Waals surface area contributed by atoms with Gasteiger partial charge in [0.05, 0.1) is 0 Å². The van der Waals surface area contributed by atoms with Crippen LogP contribution < -0.4 is 0 Å². The fourth-order valence-corrected chi connectivity index (χ4v) is 34.7. The van der Waals surface area contributed by atoms with Crippen molar-refractivity contribution in [3.05, 3.63) is 41.1 Å². The molecule has 20 heavy (non-hydrogen) atoms. The van der Waals surface area contributed by atoms with E-state index in [-0.39, 0.29) is 24.8 Å². The average Bonchev–Trinajstić information content (AvgIpc) is 2.70. The number of rotatable bonds is 2. The third kappa shape index (κ3) is 3.64. The van der Waals surface area contributed by atoms with Gasteiger partial charge in [-0.2, -0.15) is 0 Å². The van der Waals surface area contributed by atoms with E-state index in [0.29, 0.717) is 0 Å². The maximum atomic E-state index is 2.69. The summed E-state index contributed by atoms with van der Waals surface area (Å²) in [5.74, 6) is 0. The molecule has 0 bridgehead atoms. The van der Waals surface area contributed by atoms with Gasteiger partial charge in [0.1, 0.15) is 0 Å². The van der Waals surface area contributed by atoms with Crippen molar-refractivity contribution in [3.63, 3.8) is 0 Å². The van der Waals surface area contributed by atoms with Gasteiger partial charge in [-0.05, 0) is 0 Å². The molecule has 0 amide bonds. The number of hydrogen-bond acceptors (Lipinski definition) is 0. The van der Waals surface area contributed by atoms with Crippen molar-refractivity contribution in [2.24, 2.45) is 0 Å². The van der Waals surface area contributed by atoms with Crippen molar-refractivity contribution in [2.75, 3.05) is 0 Å². The van der Waals surface area contributed by atoms with E-state index < -0.39 is 15.4 Å². The summed E-state index contributed by atoms with van der Waals surface area (Å²) in [5, 5.41) is 0. The maximum Gasteiger partial charge on any atom is -0.147 e. The molecule has 0 unspecified atom stereocenters. The van der Waals surface area contributed by atoms with Crippen LogP contribution in [0.15, 0.2) is 41.1 Å². The van der Waals surface area contributed by atoms with Crippen molar-refractivity contribution in [1.82, 2.24) is 0 Å².